The number of carboxylic acid groups (broad SMARTS) is 1. The summed E-state index contributed by atoms with van der Waals surface area (Å²) in [6.45, 7) is 10.3. The molecule has 4 aromatic rings. The molecule has 0 aromatic heterocycles. The Labute approximate surface area is 451 Å². The van der Waals surface area contributed by atoms with Crippen LogP contribution in [0.4, 0.5) is 10.5 Å². The molecule has 2 unspecified atom stereocenters. The van der Waals surface area contributed by atoms with Gasteiger partial charge in [-0.15, -0.1) is 11.8 Å². The Hall–Kier alpha value is -6.29. The Kier molecular flexibility index (Phi) is 21.5. The maximum Gasteiger partial charge on any atom is 0.315 e. The van der Waals surface area contributed by atoms with Crippen molar-refractivity contribution in [3.63, 3.8) is 0 Å². The number of rotatable bonds is 30. The van der Waals surface area contributed by atoms with E-state index in [1.807, 2.05) is 111 Å². The lowest BCUT2D eigenvalue weighted by Gasteiger charge is -2.49. The van der Waals surface area contributed by atoms with E-state index in [-0.39, 0.29) is 80.6 Å². The van der Waals surface area contributed by atoms with E-state index in [0.29, 0.717) is 66.9 Å². The number of nitro groups is 1. The van der Waals surface area contributed by atoms with Crippen molar-refractivity contribution < 1.29 is 47.7 Å². The molecule has 5 atom stereocenters. The first-order valence-electron chi connectivity index (χ1n) is 25.9. The Morgan fingerprint density at radius 2 is 1.50 bits per heavy atom. The number of benzene rings is 4. The molecule has 76 heavy (non-hydrogen) atoms. The van der Waals surface area contributed by atoms with Crippen LogP contribution >= 0.6 is 20.3 Å². The zero-order valence-corrected chi connectivity index (χ0v) is 46.2. The number of nitrogens with one attached hydrogen (secondary N) is 3. The van der Waals surface area contributed by atoms with E-state index >= 15 is 4.79 Å². The number of methoxy groups -OCH3 is 2. The molecule has 0 aliphatic carbocycles. The van der Waals surface area contributed by atoms with Crippen LogP contribution in [0.2, 0.25) is 0 Å². The van der Waals surface area contributed by atoms with Gasteiger partial charge in [-0.1, -0.05) is 73.5 Å². The van der Waals surface area contributed by atoms with Gasteiger partial charge in [0.1, 0.15) is 21.8 Å². The van der Waals surface area contributed by atoms with Crippen molar-refractivity contribution >= 4 is 49.8 Å². The minimum absolute atomic E-state index is 0.0271. The lowest BCUT2D eigenvalue weighted by molar-refractivity contribution is -0.386. The number of aliphatic carboxylic acids is 1. The summed E-state index contributed by atoms with van der Waals surface area (Å²) in [4.78, 5) is 68.5. The van der Waals surface area contributed by atoms with Crippen LogP contribution in [0.3, 0.4) is 0 Å². The minimum Gasteiger partial charge on any atom is -0.497 e. The summed E-state index contributed by atoms with van der Waals surface area (Å²) in [7, 11) is 1.49. The summed E-state index contributed by atoms with van der Waals surface area (Å²) in [5, 5.41) is 40.1. The second-order valence-corrected chi connectivity index (χ2v) is 22.3. The number of ether oxygens (including phenoxy) is 2. The third-order valence-corrected chi connectivity index (χ3v) is 17.7. The third-order valence-electron chi connectivity index (χ3n) is 13.8. The number of carbonyl (C=O) groups excluding carboxylic acids is 3. The summed E-state index contributed by atoms with van der Waals surface area (Å²) in [6.07, 6.45) is 2.12. The van der Waals surface area contributed by atoms with Crippen molar-refractivity contribution in [3.05, 3.63) is 135 Å². The van der Waals surface area contributed by atoms with Gasteiger partial charge >= 0.3 is 12.0 Å². The molecule has 2 saturated heterocycles. The molecule has 0 radical (unpaired) electrons. The Bertz CT molecular complexity index is 2580. The van der Waals surface area contributed by atoms with Gasteiger partial charge in [-0.2, -0.15) is 5.26 Å². The van der Waals surface area contributed by atoms with E-state index < -0.39 is 41.9 Å². The number of hydrogen-bond acceptors (Lipinski definition) is 13. The summed E-state index contributed by atoms with van der Waals surface area (Å²) in [5.74, 6) is 0.379. The number of carbonyl (C=O) groups is 4. The molecule has 20 heteroatoms. The number of thioether (sulfide) groups is 1. The van der Waals surface area contributed by atoms with Crippen LogP contribution in [0.25, 0.3) is 0 Å². The molecule has 4 amide bonds. The zero-order valence-electron chi connectivity index (χ0n) is 44.5. The van der Waals surface area contributed by atoms with Gasteiger partial charge in [-0.3, -0.25) is 24.5 Å². The highest BCUT2D eigenvalue weighted by Gasteiger charge is 2.61. The monoisotopic (exact) mass is 1080 g/mol. The molecule has 2 fully saturated rings. The zero-order chi connectivity index (χ0) is 55.0. The van der Waals surface area contributed by atoms with Gasteiger partial charge in [-0.25, -0.2) is 9.46 Å². The number of nitriles is 1. The molecule has 6 rings (SSSR count). The Morgan fingerprint density at radius 1 is 0.882 bits per heavy atom. The maximum absolute atomic E-state index is 16.4. The molecule has 2 aliphatic heterocycles. The normalized spacial score (nSPS) is 17.8. The summed E-state index contributed by atoms with van der Waals surface area (Å²) in [5.41, 5.74) is 1.94. The number of carboxylic acids is 1. The number of unbranched alkanes of at least 4 members (excludes halogenated alkanes) is 3. The van der Waals surface area contributed by atoms with Crippen molar-refractivity contribution in [3.8, 4) is 17.6 Å². The van der Waals surface area contributed by atoms with Gasteiger partial charge in [0.15, 0.2) is 0 Å². The molecular weight excluding hydrogens is 1010 g/mol. The SMILES string of the molecule is COc1ccc(C(c2ccccc2)(c2ccc(OC)cc2)N(CCCCCC(=O)NCc2ccc([N+](=O)[O-])c(C(C)OP(OCCC#N)N(C(C)C)C(C)C)c2)C(=O)[C@@]2(CCCCC(=O)O)SC[C@@H]3NC(=O)N[C@@H]32)cc1. The van der Waals surface area contributed by atoms with Crippen LogP contribution in [0.5, 0.6) is 11.5 Å². The van der Waals surface area contributed by atoms with Crippen LogP contribution in [-0.2, 0) is 35.5 Å². The van der Waals surface area contributed by atoms with Crippen molar-refractivity contribution in [1.82, 2.24) is 25.5 Å². The summed E-state index contributed by atoms with van der Waals surface area (Å²) >= 11 is 1.49. The molecule has 0 spiro atoms. The topological polar surface area (TPSA) is 235 Å². The maximum atomic E-state index is 16.4. The van der Waals surface area contributed by atoms with E-state index in [1.165, 1.54) is 17.8 Å². The van der Waals surface area contributed by atoms with E-state index in [4.69, 9.17) is 23.8 Å². The fourth-order valence-electron chi connectivity index (χ4n) is 10.3. The van der Waals surface area contributed by atoms with Crippen molar-refractivity contribution in [1.29, 1.82) is 5.26 Å². The Balaban J connectivity index is 1.28. The number of urea groups is 1. The predicted molar refractivity (Wildman–Crippen MR) is 293 cm³/mol. The first kappa shape index (κ1) is 59.0. The first-order valence-corrected chi connectivity index (χ1v) is 28.0. The number of nitrogens with zero attached hydrogens (tertiary/aromatic N) is 4. The number of fused-ring (bicyclic) bond motifs is 1. The molecule has 2 heterocycles. The summed E-state index contributed by atoms with van der Waals surface area (Å²) in [6, 6.07) is 30.7. The quantitative estimate of drug-likeness (QED) is 0.00950. The van der Waals surface area contributed by atoms with Gasteiger partial charge in [0, 0.05) is 49.8 Å². The third kappa shape index (κ3) is 14.0. The molecule has 18 nitrogen and oxygen atoms in total. The average molecular weight is 1080 g/mol. The van der Waals surface area contributed by atoms with Crippen LogP contribution in [0.1, 0.15) is 126 Å². The number of amides is 4. The molecule has 2 aliphatic rings. The fourth-order valence-corrected chi connectivity index (χ4v) is 13.7. The highest BCUT2D eigenvalue weighted by molar-refractivity contribution is 8.01. The standard InChI is InChI=1S/C56H72N7O11PS/c1-38(2)62(39(3)4)75(73-34-16-32-57)74-40(5)47-35-41(21-30-49(47)63(69)70)36-58-50(64)19-12-9-15-33-61(53(67)55(31-14-13-20-51(65)66)52-48(37-76-55)59-54(68)60-52)56(42-17-10-8-11-18-42,43-22-26-45(71-6)27-23-43)44-24-28-46(72-7)29-25-44/h8,10-11,17-18,21-30,35,38-40,48,52H,9,12-16,19-20,31,33-34,36-37H2,1-7H3,(H,58,64)(H,65,66)(H2,59,60,68)/t40?,48-,52-,55-,75?/m0/s1. The van der Waals surface area contributed by atoms with Crippen molar-refractivity contribution in [2.45, 2.75) is 140 Å². The number of nitro benzene ring substituents is 1. The second kappa shape index (κ2) is 27.7. The van der Waals surface area contributed by atoms with Gasteiger partial charge in [-0.05, 0) is 113 Å². The molecule has 408 valence electrons. The molecule has 4 N–H and O–H groups in total. The predicted octanol–water partition coefficient (Wildman–Crippen LogP) is 10.1. The van der Waals surface area contributed by atoms with Gasteiger partial charge in [0.05, 0.1) is 62.0 Å². The van der Waals surface area contributed by atoms with Crippen molar-refractivity contribution in [2.75, 3.05) is 33.1 Å². The van der Waals surface area contributed by atoms with Crippen LogP contribution in [-0.4, -0.2) is 105 Å². The van der Waals surface area contributed by atoms with E-state index in [2.05, 4.69) is 26.7 Å². The largest absolute Gasteiger partial charge is 0.497 e. The van der Waals surface area contributed by atoms with Gasteiger partial charge in [0.2, 0.25) is 11.8 Å². The molecule has 0 bridgehead atoms. The summed E-state index contributed by atoms with van der Waals surface area (Å²) < 4.78 is 24.6. The van der Waals surface area contributed by atoms with Crippen molar-refractivity contribution in [2.24, 2.45) is 0 Å². The molecule has 0 saturated carbocycles. The smallest absolute Gasteiger partial charge is 0.315 e. The molecule has 4 aromatic carbocycles. The first-order chi connectivity index (χ1) is 36.5. The Morgan fingerprint density at radius 3 is 2.08 bits per heavy atom. The highest BCUT2D eigenvalue weighted by atomic mass is 32.2. The van der Waals surface area contributed by atoms with Gasteiger partial charge in [0.25, 0.3) is 14.2 Å². The van der Waals surface area contributed by atoms with Gasteiger partial charge < -0.3 is 44.5 Å². The van der Waals surface area contributed by atoms with Crippen LogP contribution in [0, 0.1) is 21.4 Å². The molecular formula is C56H72N7O11PS. The fraction of sp³-hybridized carbons (Fsp3) is 0.482. The average Bonchev–Trinajstić information content (AvgIpc) is 4.07. The highest BCUT2D eigenvalue weighted by Crippen LogP contribution is 2.52. The van der Waals surface area contributed by atoms with E-state index in [1.54, 1.807) is 33.3 Å². The lowest BCUT2D eigenvalue weighted by Crippen LogP contribution is -2.62. The van der Waals surface area contributed by atoms with E-state index in [9.17, 15) is 29.6 Å². The van der Waals surface area contributed by atoms with Crippen LogP contribution in [0.15, 0.2) is 97.1 Å². The number of hydrogen-bond donors (Lipinski definition) is 4. The van der Waals surface area contributed by atoms with E-state index in [0.717, 1.165) is 16.7 Å². The lowest BCUT2D eigenvalue weighted by atomic mass is 9.74. The minimum atomic E-state index is -1.69. The van der Waals surface area contributed by atoms with Crippen LogP contribution < -0.4 is 25.4 Å². The second-order valence-electron chi connectivity index (χ2n) is 19.5.